The van der Waals surface area contributed by atoms with Crippen LogP contribution >= 0.6 is 50.5 Å². The third-order valence-electron chi connectivity index (χ3n) is 2.79. The van der Waals surface area contributed by atoms with E-state index in [4.69, 9.17) is 27.9 Å². The zero-order valence-electron chi connectivity index (χ0n) is 11.1. The summed E-state index contributed by atoms with van der Waals surface area (Å²) in [6.07, 6.45) is 0. The van der Waals surface area contributed by atoms with Crippen molar-refractivity contribution in [1.82, 2.24) is 10.2 Å². The highest BCUT2D eigenvalue weighted by Gasteiger charge is 2.13. The maximum absolute atomic E-state index is 6.11. The monoisotopic (exact) mass is 414 g/mol. The molecule has 0 radical (unpaired) electrons. The number of alkyl halides is 1. The van der Waals surface area contributed by atoms with Crippen LogP contribution in [-0.2, 0) is 5.33 Å². The summed E-state index contributed by atoms with van der Waals surface area (Å²) >= 11 is 16.9. The van der Waals surface area contributed by atoms with Crippen molar-refractivity contribution in [3.63, 3.8) is 0 Å². The van der Waals surface area contributed by atoms with Crippen LogP contribution in [-0.4, -0.2) is 10.2 Å². The summed E-state index contributed by atoms with van der Waals surface area (Å²) in [5, 5.41) is 11.9. The lowest BCUT2D eigenvalue weighted by atomic mass is 10.2. The van der Waals surface area contributed by atoms with Crippen molar-refractivity contribution in [2.45, 2.75) is 5.33 Å². The summed E-state index contributed by atoms with van der Waals surface area (Å²) in [5.41, 5.74) is 0.812. The van der Waals surface area contributed by atoms with E-state index in [9.17, 15) is 0 Å². The summed E-state index contributed by atoms with van der Waals surface area (Å²) in [4.78, 5) is 0. The quantitative estimate of drug-likeness (QED) is 0.475. The average Bonchev–Trinajstić information content (AvgIpc) is 3.00. The van der Waals surface area contributed by atoms with E-state index >= 15 is 0 Å². The Labute approximate surface area is 150 Å². The minimum Gasteiger partial charge on any atom is -0.457 e. The Morgan fingerprint density at radius 2 is 1.73 bits per heavy atom. The van der Waals surface area contributed by atoms with Gasteiger partial charge in [0, 0.05) is 10.0 Å². The summed E-state index contributed by atoms with van der Waals surface area (Å²) in [6, 6.07) is 12.6. The van der Waals surface area contributed by atoms with E-state index in [1.807, 2.05) is 24.3 Å². The number of aromatic nitrogens is 2. The molecule has 0 saturated carbocycles. The number of halogens is 3. The number of hydrogen-bond acceptors (Lipinski definition) is 4. The molecular weight excluding hydrogens is 407 g/mol. The molecule has 1 heterocycles. The topological polar surface area (TPSA) is 35.0 Å². The molecule has 0 saturated heterocycles. The van der Waals surface area contributed by atoms with Crippen LogP contribution in [0.15, 0.2) is 42.5 Å². The lowest BCUT2D eigenvalue weighted by Crippen LogP contribution is -1.88. The second-order valence-electron chi connectivity index (χ2n) is 4.33. The van der Waals surface area contributed by atoms with Crippen LogP contribution in [0, 0.1) is 0 Å². The van der Waals surface area contributed by atoms with Crippen LogP contribution in [0.4, 0.5) is 0 Å². The van der Waals surface area contributed by atoms with Gasteiger partial charge in [-0.2, -0.15) is 0 Å². The van der Waals surface area contributed by atoms with Gasteiger partial charge in [-0.15, -0.1) is 10.2 Å². The fraction of sp³-hybridized carbons (Fsp3) is 0.0667. The van der Waals surface area contributed by atoms with E-state index in [1.165, 1.54) is 11.3 Å². The maximum Gasteiger partial charge on any atom is 0.151 e. The minimum atomic E-state index is 0.619. The molecule has 0 aliphatic heterocycles. The molecule has 0 aliphatic rings. The predicted octanol–water partition coefficient (Wildman–Crippen LogP) is 6.20. The summed E-state index contributed by atoms with van der Waals surface area (Å²) < 4.78 is 5.93. The van der Waals surface area contributed by atoms with Crippen molar-refractivity contribution < 1.29 is 4.74 Å². The van der Waals surface area contributed by atoms with Crippen molar-refractivity contribution in [3.05, 3.63) is 57.5 Å². The molecule has 0 atom stereocenters. The number of hydrogen-bond donors (Lipinski definition) is 0. The van der Waals surface area contributed by atoms with Gasteiger partial charge in [0.25, 0.3) is 0 Å². The Balaban J connectivity index is 1.98. The number of rotatable bonds is 4. The highest BCUT2D eigenvalue weighted by atomic mass is 79.9. The Morgan fingerprint density at radius 1 is 1.00 bits per heavy atom. The summed E-state index contributed by atoms with van der Waals surface area (Å²) in [6.45, 7) is 0. The molecule has 0 unspecified atom stereocenters. The Bertz CT molecular complexity index is 792. The third kappa shape index (κ3) is 3.60. The van der Waals surface area contributed by atoms with E-state index in [0.29, 0.717) is 26.9 Å². The molecule has 1 aromatic heterocycles. The molecule has 112 valence electrons. The number of nitrogens with zero attached hydrogens (tertiary/aromatic N) is 2. The van der Waals surface area contributed by atoms with Gasteiger partial charge in [0.2, 0.25) is 0 Å². The van der Waals surface area contributed by atoms with Gasteiger partial charge >= 0.3 is 0 Å². The van der Waals surface area contributed by atoms with Crippen molar-refractivity contribution in [1.29, 1.82) is 0 Å². The third-order valence-corrected chi connectivity index (χ3v) is 5.14. The smallest absolute Gasteiger partial charge is 0.151 e. The molecule has 3 aromatic rings. The van der Waals surface area contributed by atoms with Crippen LogP contribution in [0.25, 0.3) is 10.6 Å². The van der Waals surface area contributed by atoms with E-state index in [2.05, 4.69) is 26.1 Å². The van der Waals surface area contributed by atoms with E-state index in [0.717, 1.165) is 15.6 Å². The van der Waals surface area contributed by atoms with E-state index in [1.54, 1.807) is 18.2 Å². The minimum absolute atomic E-state index is 0.619. The molecule has 0 amide bonds. The zero-order chi connectivity index (χ0) is 15.5. The molecule has 0 aliphatic carbocycles. The zero-order valence-corrected chi connectivity index (χ0v) is 15.0. The molecule has 3 rings (SSSR count). The second kappa shape index (κ2) is 6.96. The Morgan fingerprint density at radius 3 is 2.41 bits per heavy atom. The molecule has 7 heteroatoms. The first-order valence-corrected chi connectivity index (χ1v) is 8.97. The molecule has 0 spiro atoms. The predicted molar refractivity (Wildman–Crippen MR) is 94.5 cm³/mol. The Kier molecular flexibility index (Phi) is 4.98. The molecule has 22 heavy (non-hydrogen) atoms. The fourth-order valence-corrected chi connectivity index (χ4v) is 3.27. The summed E-state index contributed by atoms with van der Waals surface area (Å²) in [5.74, 6) is 1.36. The van der Waals surface area contributed by atoms with Crippen LogP contribution in [0.5, 0.6) is 11.5 Å². The fourth-order valence-electron chi connectivity index (χ4n) is 1.80. The normalized spacial score (nSPS) is 10.7. The van der Waals surface area contributed by atoms with Crippen molar-refractivity contribution in [2.75, 3.05) is 0 Å². The van der Waals surface area contributed by atoms with Gasteiger partial charge < -0.3 is 4.74 Å². The van der Waals surface area contributed by atoms with Gasteiger partial charge in [0.1, 0.15) is 16.5 Å². The Hall–Kier alpha value is -1.14. The standard InChI is InChI=1S/C15H9BrCl2N2OS/c16-8-14-19-20-15(22-14)12-7-10(18)3-6-13(12)21-11-4-1-9(17)2-5-11/h1-7H,8H2. The van der Waals surface area contributed by atoms with Crippen LogP contribution in [0.2, 0.25) is 10.0 Å². The van der Waals surface area contributed by atoms with E-state index in [-0.39, 0.29) is 0 Å². The van der Waals surface area contributed by atoms with Gasteiger partial charge in [-0.05, 0) is 42.5 Å². The molecule has 0 N–H and O–H groups in total. The first kappa shape index (κ1) is 15.7. The van der Waals surface area contributed by atoms with Crippen molar-refractivity contribution >= 4 is 50.5 Å². The van der Waals surface area contributed by atoms with Crippen LogP contribution in [0.3, 0.4) is 0 Å². The van der Waals surface area contributed by atoms with Crippen LogP contribution < -0.4 is 4.74 Å². The highest BCUT2D eigenvalue weighted by Crippen LogP contribution is 2.37. The number of benzene rings is 2. The van der Waals surface area contributed by atoms with Gasteiger partial charge in [0.05, 0.1) is 10.9 Å². The van der Waals surface area contributed by atoms with Gasteiger partial charge in [-0.3, -0.25) is 0 Å². The second-order valence-corrected chi connectivity index (χ2v) is 6.83. The molecular formula is C15H9BrCl2N2OS. The maximum atomic E-state index is 6.11. The molecule has 0 fully saturated rings. The molecule has 0 bridgehead atoms. The first-order chi connectivity index (χ1) is 10.7. The van der Waals surface area contributed by atoms with E-state index < -0.39 is 0 Å². The van der Waals surface area contributed by atoms with Gasteiger partial charge in [-0.25, -0.2) is 0 Å². The SMILES string of the molecule is Clc1ccc(Oc2ccc(Cl)cc2-c2nnc(CBr)s2)cc1. The largest absolute Gasteiger partial charge is 0.457 e. The van der Waals surface area contributed by atoms with Gasteiger partial charge in [0.15, 0.2) is 5.01 Å². The molecule has 2 aromatic carbocycles. The van der Waals surface area contributed by atoms with Crippen molar-refractivity contribution in [3.8, 4) is 22.1 Å². The lowest BCUT2D eigenvalue weighted by Gasteiger charge is -2.10. The average molecular weight is 416 g/mol. The van der Waals surface area contributed by atoms with Crippen LogP contribution in [0.1, 0.15) is 5.01 Å². The first-order valence-electron chi connectivity index (χ1n) is 6.27. The molecule has 3 nitrogen and oxygen atoms in total. The highest BCUT2D eigenvalue weighted by molar-refractivity contribution is 9.08. The lowest BCUT2D eigenvalue weighted by molar-refractivity contribution is 0.484. The van der Waals surface area contributed by atoms with Crippen molar-refractivity contribution in [2.24, 2.45) is 0 Å². The number of ether oxygens (including phenoxy) is 1. The van der Waals surface area contributed by atoms with Gasteiger partial charge in [-0.1, -0.05) is 50.5 Å². The summed E-state index contributed by atoms with van der Waals surface area (Å²) in [7, 11) is 0.